The quantitative estimate of drug-likeness (QED) is 0.459. The van der Waals surface area contributed by atoms with Gasteiger partial charge in [-0.3, -0.25) is 0 Å². The Morgan fingerprint density at radius 2 is 2.08 bits per heavy atom. The SMILES string of the molecule is CCOC(=O)/C=C(C)/C=C/C1=CC(C)(C)Oc2cccc(OC)c21. The van der Waals surface area contributed by atoms with Gasteiger partial charge in [-0.1, -0.05) is 18.2 Å². The van der Waals surface area contributed by atoms with Crippen molar-refractivity contribution in [1.82, 2.24) is 0 Å². The lowest BCUT2D eigenvalue weighted by Crippen LogP contribution is -2.28. The summed E-state index contributed by atoms with van der Waals surface area (Å²) in [6.07, 6.45) is 7.39. The lowest BCUT2D eigenvalue weighted by molar-refractivity contribution is -0.137. The summed E-state index contributed by atoms with van der Waals surface area (Å²) in [5.74, 6) is 1.21. The van der Waals surface area contributed by atoms with Crippen LogP contribution in [0.3, 0.4) is 0 Å². The Morgan fingerprint density at radius 3 is 2.75 bits per heavy atom. The molecule has 0 aliphatic carbocycles. The number of hydrogen-bond acceptors (Lipinski definition) is 4. The number of carbonyl (C=O) groups is 1. The van der Waals surface area contributed by atoms with Crippen LogP contribution in [0.4, 0.5) is 0 Å². The number of esters is 1. The summed E-state index contributed by atoms with van der Waals surface area (Å²) in [6.45, 7) is 8.03. The van der Waals surface area contributed by atoms with Crippen LogP contribution in [0.2, 0.25) is 0 Å². The van der Waals surface area contributed by atoms with Gasteiger partial charge in [0.25, 0.3) is 0 Å². The van der Waals surface area contributed by atoms with Crippen molar-refractivity contribution >= 4 is 11.5 Å². The van der Waals surface area contributed by atoms with Crippen LogP contribution < -0.4 is 9.47 Å². The maximum atomic E-state index is 11.5. The zero-order valence-electron chi connectivity index (χ0n) is 14.9. The van der Waals surface area contributed by atoms with Gasteiger partial charge >= 0.3 is 5.97 Å². The summed E-state index contributed by atoms with van der Waals surface area (Å²) in [5.41, 5.74) is 2.31. The van der Waals surface area contributed by atoms with Crippen LogP contribution in [0.15, 0.2) is 48.1 Å². The monoisotopic (exact) mass is 328 g/mol. The van der Waals surface area contributed by atoms with Gasteiger partial charge in [0.1, 0.15) is 17.1 Å². The standard InChI is InChI=1S/C20H24O4/c1-6-23-18(21)12-14(2)10-11-15-13-20(3,4)24-17-9-7-8-16(22-5)19(15)17/h7-13H,6H2,1-5H3/b11-10+,14-12+. The van der Waals surface area contributed by atoms with E-state index in [1.807, 2.05) is 57.2 Å². The van der Waals surface area contributed by atoms with Crippen molar-refractivity contribution in [3.05, 3.63) is 53.6 Å². The molecule has 1 aliphatic heterocycles. The van der Waals surface area contributed by atoms with E-state index < -0.39 is 5.60 Å². The van der Waals surface area contributed by atoms with E-state index in [9.17, 15) is 4.79 Å². The van der Waals surface area contributed by atoms with E-state index in [0.717, 1.165) is 28.2 Å². The van der Waals surface area contributed by atoms with Gasteiger partial charge in [0, 0.05) is 6.08 Å². The maximum Gasteiger partial charge on any atom is 0.330 e. The molecule has 4 heteroatoms. The molecular weight excluding hydrogens is 304 g/mol. The van der Waals surface area contributed by atoms with E-state index >= 15 is 0 Å². The van der Waals surface area contributed by atoms with Crippen molar-refractivity contribution in [3.8, 4) is 11.5 Å². The first-order chi connectivity index (χ1) is 11.4. The molecule has 128 valence electrons. The summed E-state index contributed by atoms with van der Waals surface area (Å²) in [7, 11) is 1.64. The highest BCUT2D eigenvalue weighted by Crippen LogP contribution is 2.42. The molecule has 1 aromatic rings. The highest BCUT2D eigenvalue weighted by atomic mass is 16.5. The molecule has 0 spiro atoms. The topological polar surface area (TPSA) is 44.8 Å². The van der Waals surface area contributed by atoms with Crippen molar-refractivity contribution in [2.75, 3.05) is 13.7 Å². The fourth-order valence-electron chi connectivity index (χ4n) is 2.58. The van der Waals surface area contributed by atoms with E-state index in [0.29, 0.717) is 6.61 Å². The second kappa shape index (κ2) is 7.39. The van der Waals surface area contributed by atoms with E-state index in [1.165, 1.54) is 6.08 Å². The van der Waals surface area contributed by atoms with Gasteiger partial charge in [-0.15, -0.1) is 0 Å². The third-order valence-electron chi connectivity index (χ3n) is 3.53. The molecule has 0 radical (unpaired) electrons. The largest absolute Gasteiger partial charge is 0.496 e. The Balaban J connectivity index is 2.37. The molecule has 0 aromatic heterocycles. The maximum absolute atomic E-state index is 11.5. The number of hydrogen-bond donors (Lipinski definition) is 0. The molecule has 2 rings (SSSR count). The first-order valence-electron chi connectivity index (χ1n) is 7.98. The summed E-state index contributed by atoms with van der Waals surface area (Å²) < 4.78 is 16.4. The minimum atomic E-state index is -0.419. The van der Waals surface area contributed by atoms with Gasteiger partial charge in [-0.2, -0.15) is 0 Å². The molecule has 0 saturated heterocycles. The van der Waals surface area contributed by atoms with Crippen LogP contribution in [0.5, 0.6) is 11.5 Å². The molecule has 0 saturated carbocycles. The smallest absolute Gasteiger partial charge is 0.330 e. The highest BCUT2D eigenvalue weighted by molar-refractivity contribution is 5.85. The van der Waals surface area contributed by atoms with Crippen molar-refractivity contribution in [1.29, 1.82) is 0 Å². The first-order valence-corrected chi connectivity index (χ1v) is 7.98. The molecule has 24 heavy (non-hydrogen) atoms. The fourth-order valence-corrected chi connectivity index (χ4v) is 2.58. The van der Waals surface area contributed by atoms with E-state index in [-0.39, 0.29) is 5.97 Å². The zero-order valence-corrected chi connectivity index (χ0v) is 14.9. The van der Waals surface area contributed by atoms with Gasteiger partial charge in [0.05, 0.1) is 19.3 Å². The number of benzene rings is 1. The van der Waals surface area contributed by atoms with E-state index in [1.54, 1.807) is 14.0 Å². The molecular formula is C20H24O4. The Labute approximate surface area is 143 Å². The number of ether oxygens (including phenoxy) is 3. The minimum absolute atomic E-state index is 0.334. The molecule has 0 bridgehead atoms. The minimum Gasteiger partial charge on any atom is -0.496 e. The van der Waals surface area contributed by atoms with Gasteiger partial charge in [-0.05, 0) is 57.0 Å². The summed E-state index contributed by atoms with van der Waals surface area (Å²) in [5, 5.41) is 0. The van der Waals surface area contributed by atoms with E-state index in [4.69, 9.17) is 14.2 Å². The number of carbonyl (C=O) groups excluding carboxylic acids is 1. The Morgan fingerprint density at radius 1 is 1.33 bits per heavy atom. The average molecular weight is 328 g/mol. The summed E-state index contributed by atoms with van der Waals surface area (Å²) in [6, 6.07) is 5.75. The van der Waals surface area contributed by atoms with Gasteiger partial charge in [-0.25, -0.2) is 4.79 Å². The third kappa shape index (κ3) is 4.28. The molecule has 0 fully saturated rings. The normalized spacial score (nSPS) is 16.2. The lowest BCUT2D eigenvalue weighted by Gasteiger charge is -2.31. The molecule has 0 amide bonds. The number of allylic oxidation sites excluding steroid dienone is 4. The lowest BCUT2D eigenvalue weighted by atomic mass is 9.93. The highest BCUT2D eigenvalue weighted by Gasteiger charge is 2.27. The van der Waals surface area contributed by atoms with Crippen LogP contribution in [-0.4, -0.2) is 25.3 Å². The summed E-state index contributed by atoms with van der Waals surface area (Å²) >= 11 is 0. The van der Waals surface area contributed by atoms with Crippen molar-refractivity contribution in [3.63, 3.8) is 0 Å². The Bertz CT molecular complexity index is 708. The van der Waals surface area contributed by atoms with Crippen molar-refractivity contribution < 1.29 is 19.0 Å². The van der Waals surface area contributed by atoms with Gasteiger partial charge in [0.15, 0.2) is 0 Å². The van der Waals surface area contributed by atoms with Crippen LogP contribution in [0.25, 0.3) is 5.57 Å². The Kier molecular flexibility index (Phi) is 5.50. The van der Waals surface area contributed by atoms with Gasteiger partial charge < -0.3 is 14.2 Å². The zero-order chi connectivity index (χ0) is 17.7. The van der Waals surface area contributed by atoms with Crippen LogP contribution in [0.1, 0.15) is 33.3 Å². The molecule has 1 heterocycles. The number of rotatable bonds is 5. The first kappa shape index (κ1) is 17.9. The van der Waals surface area contributed by atoms with Crippen LogP contribution >= 0.6 is 0 Å². The fraction of sp³-hybridized carbons (Fsp3) is 0.350. The Hall–Kier alpha value is -2.49. The second-order valence-corrected chi connectivity index (χ2v) is 6.11. The average Bonchev–Trinajstić information content (AvgIpc) is 2.50. The second-order valence-electron chi connectivity index (χ2n) is 6.11. The summed E-state index contributed by atoms with van der Waals surface area (Å²) in [4.78, 5) is 11.5. The number of fused-ring (bicyclic) bond motifs is 1. The van der Waals surface area contributed by atoms with E-state index in [2.05, 4.69) is 0 Å². The molecule has 1 aromatic carbocycles. The predicted molar refractivity (Wildman–Crippen MR) is 95.2 cm³/mol. The van der Waals surface area contributed by atoms with Crippen LogP contribution in [0, 0.1) is 0 Å². The van der Waals surface area contributed by atoms with Crippen LogP contribution in [-0.2, 0) is 9.53 Å². The predicted octanol–water partition coefficient (Wildman–Crippen LogP) is 4.32. The molecule has 4 nitrogen and oxygen atoms in total. The molecule has 0 N–H and O–H groups in total. The van der Waals surface area contributed by atoms with Gasteiger partial charge in [0.2, 0.25) is 0 Å². The third-order valence-corrected chi connectivity index (χ3v) is 3.53. The molecule has 1 aliphatic rings. The number of methoxy groups -OCH3 is 1. The van der Waals surface area contributed by atoms with Crippen molar-refractivity contribution in [2.24, 2.45) is 0 Å². The molecule has 0 unspecified atom stereocenters. The van der Waals surface area contributed by atoms with Crippen molar-refractivity contribution in [2.45, 2.75) is 33.3 Å². The molecule has 0 atom stereocenters.